The lowest BCUT2D eigenvalue weighted by Gasteiger charge is -2.16. The van der Waals surface area contributed by atoms with Gasteiger partial charge in [-0.25, -0.2) is 8.42 Å². The molecule has 1 fully saturated rings. The van der Waals surface area contributed by atoms with Gasteiger partial charge in [0.2, 0.25) is 0 Å². The number of nitrogens with zero attached hydrogens (tertiary/aromatic N) is 2. The van der Waals surface area contributed by atoms with E-state index in [2.05, 4.69) is 0 Å². The van der Waals surface area contributed by atoms with Crippen LogP contribution < -0.4 is 0 Å². The van der Waals surface area contributed by atoms with E-state index in [1.807, 2.05) is 0 Å². The second-order valence-corrected chi connectivity index (χ2v) is 6.82. The average molecular weight is 277 g/mol. The summed E-state index contributed by atoms with van der Waals surface area (Å²) >= 11 is 0. The highest BCUT2D eigenvalue weighted by molar-refractivity contribution is 8.13. The summed E-state index contributed by atoms with van der Waals surface area (Å²) < 4.78 is 23.8. The van der Waals surface area contributed by atoms with Gasteiger partial charge in [-0.2, -0.15) is 0 Å². The summed E-state index contributed by atoms with van der Waals surface area (Å²) in [4.78, 5) is 13.6. The van der Waals surface area contributed by atoms with Gasteiger partial charge in [-0.1, -0.05) is 0 Å². The van der Waals surface area contributed by atoms with Crippen molar-refractivity contribution in [1.29, 1.82) is 0 Å². The van der Waals surface area contributed by atoms with Crippen LogP contribution in [0.5, 0.6) is 0 Å². The molecule has 0 aromatic carbocycles. The topological polar surface area (TPSA) is 59.4 Å². The molecule has 0 N–H and O–H groups in total. The quantitative estimate of drug-likeness (QED) is 0.779. The normalized spacial score (nSPS) is 15.9. The van der Waals surface area contributed by atoms with Crippen molar-refractivity contribution in [3.8, 4) is 0 Å². The van der Waals surface area contributed by atoms with E-state index in [9.17, 15) is 13.2 Å². The molecule has 1 amide bonds. The molecule has 0 aliphatic heterocycles. The number of hydrogen-bond donors (Lipinski definition) is 0. The number of aryl methyl sites for hydroxylation is 1. The van der Waals surface area contributed by atoms with Gasteiger partial charge in [0, 0.05) is 37.0 Å². The zero-order valence-electron chi connectivity index (χ0n) is 9.55. The predicted molar refractivity (Wildman–Crippen MR) is 63.6 cm³/mol. The molecule has 1 aromatic heterocycles. The molecule has 5 nitrogen and oxygen atoms in total. The van der Waals surface area contributed by atoms with Gasteiger partial charge in [0.25, 0.3) is 15.0 Å². The van der Waals surface area contributed by atoms with Gasteiger partial charge in [-0.3, -0.25) is 4.79 Å². The molecular weight excluding hydrogens is 264 g/mol. The maximum Gasteiger partial charge on any atom is 0.270 e. The van der Waals surface area contributed by atoms with Gasteiger partial charge in [0.05, 0.1) is 0 Å². The molecular formula is C10H13ClN2O3S. The summed E-state index contributed by atoms with van der Waals surface area (Å²) in [5.74, 6) is -0.179. The van der Waals surface area contributed by atoms with Crippen molar-refractivity contribution in [3.05, 3.63) is 18.0 Å². The first-order chi connectivity index (χ1) is 7.80. The molecule has 2 rings (SSSR count). The number of aromatic nitrogens is 1. The van der Waals surface area contributed by atoms with Crippen LogP contribution in [0.2, 0.25) is 0 Å². The molecule has 0 radical (unpaired) electrons. The van der Waals surface area contributed by atoms with Gasteiger partial charge in [0.15, 0.2) is 0 Å². The lowest BCUT2D eigenvalue weighted by atomic mass is 10.3. The van der Waals surface area contributed by atoms with E-state index in [4.69, 9.17) is 10.7 Å². The number of halogens is 1. The summed E-state index contributed by atoms with van der Waals surface area (Å²) in [7, 11) is 4.80. The van der Waals surface area contributed by atoms with Crippen molar-refractivity contribution < 1.29 is 13.2 Å². The monoisotopic (exact) mass is 276 g/mol. The molecule has 1 heterocycles. The van der Waals surface area contributed by atoms with Crippen LogP contribution in [-0.4, -0.2) is 36.9 Å². The van der Waals surface area contributed by atoms with Crippen molar-refractivity contribution in [3.63, 3.8) is 0 Å². The minimum Gasteiger partial charge on any atom is -0.345 e. The van der Waals surface area contributed by atoms with E-state index in [0.717, 1.165) is 12.8 Å². The second kappa shape index (κ2) is 4.03. The molecule has 0 unspecified atom stereocenters. The summed E-state index contributed by atoms with van der Waals surface area (Å²) in [6.45, 7) is 0. The summed E-state index contributed by atoms with van der Waals surface area (Å²) in [6.07, 6.45) is 3.36. The molecule has 1 saturated carbocycles. The molecule has 0 saturated heterocycles. The van der Waals surface area contributed by atoms with E-state index in [1.165, 1.54) is 16.8 Å². The molecule has 1 aliphatic carbocycles. The summed E-state index contributed by atoms with van der Waals surface area (Å²) in [6, 6.07) is 1.59. The smallest absolute Gasteiger partial charge is 0.270 e. The molecule has 0 spiro atoms. The van der Waals surface area contributed by atoms with Gasteiger partial charge in [-0.15, -0.1) is 0 Å². The maximum absolute atomic E-state index is 12.1. The summed E-state index contributed by atoms with van der Waals surface area (Å²) in [5, 5.41) is 0. The van der Waals surface area contributed by atoms with Gasteiger partial charge < -0.3 is 9.47 Å². The Bertz CT molecular complexity index is 560. The highest BCUT2D eigenvalue weighted by Gasteiger charge is 2.31. The van der Waals surface area contributed by atoms with Crippen LogP contribution in [0.4, 0.5) is 0 Å². The molecule has 1 aliphatic rings. The van der Waals surface area contributed by atoms with Gasteiger partial charge >= 0.3 is 0 Å². The minimum atomic E-state index is -3.79. The predicted octanol–water partition coefficient (Wildman–Crippen LogP) is 1.19. The number of hydrogen-bond acceptors (Lipinski definition) is 3. The molecule has 0 bridgehead atoms. The fourth-order valence-electron chi connectivity index (χ4n) is 1.69. The Labute approximate surface area is 104 Å². The van der Waals surface area contributed by atoms with Crippen LogP contribution in [0.15, 0.2) is 17.2 Å². The maximum atomic E-state index is 12.1. The Kier molecular flexibility index (Phi) is 2.95. The zero-order valence-corrected chi connectivity index (χ0v) is 11.1. The third kappa shape index (κ3) is 2.47. The highest BCUT2D eigenvalue weighted by atomic mass is 35.7. The third-order valence-electron chi connectivity index (χ3n) is 2.90. The Hall–Kier alpha value is -1.01. The van der Waals surface area contributed by atoms with Crippen LogP contribution >= 0.6 is 10.7 Å². The summed E-state index contributed by atoms with van der Waals surface area (Å²) in [5.41, 5.74) is 0.332. The van der Waals surface area contributed by atoms with Crippen molar-refractivity contribution in [2.75, 3.05) is 7.05 Å². The Morgan fingerprint density at radius 3 is 2.53 bits per heavy atom. The van der Waals surface area contributed by atoms with Crippen molar-refractivity contribution in [2.24, 2.45) is 7.05 Å². The van der Waals surface area contributed by atoms with E-state index >= 15 is 0 Å². The van der Waals surface area contributed by atoms with E-state index in [1.54, 1.807) is 19.0 Å². The fourth-order valence-corrected chi connectivity index (χ4v) is 2.48. The van der Waals surface area contributed by atoms with Crippen LogP contribution in [0.25, 0.3) is 0 Å². The van der Waals surface area contributed by atoms with E-state index < -0.39 is 9.05 Å². The first-order valence-corrected chi connectivity index (χ1v) is 7.50. The lowest BCUT2D eigenvalue weighted by molar-refractivity contribution is 0.0775. The molecule has 0 atom stereocenters. The number of carbonyl (C=O) groups excluding carboxylic acids is 1. The highest BCUT2D eigenvalue weighted by Crippen LogP contribution is 2.27. The Morgan fingerprint density at radius 1 is 1.53 bits per heavy atom. The molecule has 7 heteroatoms. The van der Waals surface area contributed by atoms with Crippen LogP contribution in [0.1, 0.15) is 23.3 Å². The van der Waals surface area contributed by atoms with Gasteiger partial charge in [-0.05, 0) is 18.9 Å². The van der Waals surface area contributed by atoms with Crippen molar-refractivity contribution >= 4 is 25.6 Å². The minimum absolute atomic E-state index is 0.0470. The first kappa shape index (κ1) is 12.4. The number of carbonyl (C=O) groups is 1. The lowest BCUT2D eigenvalue weighted by Crippen LogP contribution is -2.30. The Balaban J connectivity index is 2.32. The van der Waals surface area contributed by atoms with Crippen LogP contribution in [-0.2, 0) is 16.1 Å². The van der Waals surface area contributed by atoms with Crippen molar-refractivity contribution in [2.45, 2.75) is 23.8 Å². The van der Waals surface area contributed by atoms with Crippen LogP contribution in [0.3, 0.4) is 0 Å². The number of amides is 1. The SMILES string of the molecule is CN(C(=O)c1cc(S(=O)(=O)Cl)cn1C)C1CC1. The average Bonchev–Trinajstić information content (AvgIpc) is 2.98. The third-order valence-corrected chi connectivity index (χ3v) is 4.22. The largest absolute Gasteiger partial charge is 0.345 e. The van der Waals surface area contributed by atoms with E-state index in [-0.39, 0.29) is 16.8 Å². The van der Waals surface area contributed by atoms with E-state index in [0.29, 0.717) is 5.69 Å². The first-order valence-electron chi connectivity index (χ1n) is 5.19. The fraction of sp³-hybridized carbons (Fsp3) is 0.500. The molecule has 94 valence electrons. The van der Waals surface area contributed by atoms with Gasteiger partial charge in [0.1, 0.15) is 10.6 Å². The van der Waals surface area contributed by atoms with Crippen molar-refractivity contribution in [1.82, 2.24) is 9.47 Å². The molecule has 1 aromatic rings. The molecule has 17 heavy (non-hydrogen) atoms. The van der Waals surface area contributed by atoms with Crippen LogP contribution in [0, 0.1) is 0 Å². The zero-order chi connectivity index (χ0) is 12.8. The Morgan fingerprint density at radius 2 is 2.12 bits per heavy atom. The standard InChI is InChI=1S/C10H13ClN2O3S/c1-12-6-8(17(11,15)16)5-9(12)10(14)13(2)7-3-4-7/h5-7H,3-4H2,1-2H3. The second-order valence-electron chi connectivity index (χ2n) is 4.26. The number of rotatable bonds is 3.